The highest BCUT2D eigenvalue weighted by molar-refractivity contribution is 7.92. The van der Waals surface area contributed by atoms with E-state index in [4.69, 9.17) is 0 Å². The molecule has 0 aliphatic heterocycles. The van der Waals surface area contributed by atoms with Crippen molar-refractivity contribution in [3.05, 3.63) is 40.9 Å². The van der Waals surface area contributed by atoms with Crippen LogP contribution in [0.15, 0.2) is 29.6 Å². The largest absolute Gasteiger partial charge is 0.354 e. The second-order valence-electron chi connectivity index (χ2n) is 5.48. The monoisotopic (exact) mass is 368 g/mol. The maximum absolute atomic E-state index is 12.2. The number of rotatable bonds is 6. The van der Waals surface area contributed by atoms with E-state index < -0.39 is 10.0 Å². The van der Waals surface area contributed by atoms with Crippen LogP contribution in [0.3, 0.4) is 0 Å². The molecule has 0 saturated carbocycles. The van der Waals surface area contributed by atoms with Gasteiger partial charge in [-0.25, -0.2) is 13.4 Å². The second kappa shape index (κ2) is 7.18. The molecule has 2 rings (SSSR count). The van der Waals surface area contributed by atoms with Gasteiger partial charge in [0.25, 0.3) is 5.91 Å². The average Bonchev–Trinajstić information content (AvgIpc) is 3.00. The first-order valence-corrected chi connectivity index (χ1v) is 9.85. The van der Waals surface area contributed by atoms with Crippen molar-refractivity contribution in [3.8, 4) is 0 Å². The molecule has 1 heterocycles. The Labute approximate surface area is 146 Å². The number of nitrogens with zero attached hydrogens (tertiary/aromatic N) is 3. The van der Waals surface area contributed by atoms with Gasteiger partial charge >= 0.3 is 0 Å². The molecule has 0 unspecified atom stereocenters. The molecule has 9 heteroatoms. The highest BCUT2D eigenvalue weighted by atomic mass is 32.2. The van der Waals surface area contributed by atoms with Gasteiger partial charge in [-0.1, -0.05) is 0 Å². The average molecular weight is 368 g/mol. The third kappa shape index (κ3) is 4.45. The van der Waals surface area contributed by atoms with Crippen LogP contribution in [0.1, 0.15) is 16.1 Å². The fraction of sp³-hybridized carbons (Fsp3) is 0.333. The molecule has 0 atom stereocenters. The molecular weight excluding hydrogens is 348 g/mol. The third-order valence-corrected chi connectivity index (χ3v) is 5.61. The molecule has 1 amide bonds. The molecule has 0 radical (unpaired) electrons. The zero-order valence-corrected chi connectivity index (χ0v) is 15.6. The minimum absolute atomic E-state index is 0.233. The molecule has 0 aliphatic carbocycles. The Morgan fingerprint density at radius 3 is 2.33 bits per heavy atom. The number of nitrogens with one attached hydrogen (secondary N) is 1. The van der Waals surface area contributed by atoms with Gasteiger partial charge in [0.2, 0.25) is 10.0 Å². The molecule has 0 fully saturated rings. The molecule has 2 aromatic rings. The van der Waals surface area contributed by atoms with E-state index in [1.54, 1.807) is 24.3 Å². The molecule has 130 valence electrons. The minimum Gasteiger partial charge on any atom is -0.354 e. The standard InChI is InChI=1S/C15H20N4O3S2/c1-18(2)15-17-12(10-23-15)9-16-14(20)11-5-7-13(8-6-11)19(3)24(4,21)22/h5-8,10H,9H2,1-4H3,(H,16,20). The van der Waals surface area contributed by atoms with Gasteiger partial charge in [0.1, 0.15) is 0 Å². The summed E-state index contributed by atoms with van der Waals surface area (Å²) in [5.74, 6) is -0.233. The summed E-state index contributed by atoms with van der Waals surface area (Å²) in [5, 5.41) is 5.59. The first-order chi connectivity index (χ1) is 11.2. The SMILES string of the molecule is CN(C)c1nc(CNC(=O)c2ccc(N(C)S(C)(=O)=O)cc2)cs1. The van der Waals surface area contributed by atoms with E-state index in [1.165, 1.54) is 18.4 Å². The summed E-state index contributed by atoms with van der Waals surface area (Å²) in [7, 11) is 1.97. The van der Waals surface area contributed by atoms with Crippen molar-refractivity contribution in [3.63, 3.8) is 0 Å². The number of anilines is 2. The summed E-state index contributed by atoms with van der Waals surface area (Å²) in [6.07, 6.45) is 1.13. The second-order valence-corrected chi connectivity index (χ2v) is 8.33. The van der Waals surface area contributed by atoms with Crippen molar-refractivity contribution in [2.24, 2.45) is 0 Å². The number of hydrogen-bond acceptors (Lipinski definition) is 6. The number of amides is 1. The van der Waals surface area contributed by atoms with E-state index >= 15 is 0 Å². The lowest BCUT2D eigenvalue weighted by atomic mass is 10.2. The lowest BCUT2D eigenvalue weighted by Crippen LogP contribution is -2.25. The predicted molar refractivity (Wildman–Crippen MR) is 97.3 cm³/mol. The lowest BCUT2D eigenvalue weighted by Gasteiger charge is -2.16. The van der Waals surface area contributed by atoms with Gasteiger partial charge in [0.05, 0.1) is 24.2 Å². The van der Waals surface area contributed by atoms with E-state index in [0.29, 0.717) is 17.8 Å². The molecule has 1 aromatic carbocycles. The summed E-state index contributed by atoms with van der Waals surface area (Å²) >= 11 is 1.51. The van der Waals surface area contributed by atoms with Gasteiger partial charge in [-0.3, -0.25) is 9.10 Å². The number of benzene rings is 1. The van der Waals surface area contributed by atoms with Crippen molar-refractivity contribution in [2.45, 2.75) is 6.54 Å². The van der Waals surface area contributed by atoms with Gasteiger partial charge < -0.3 is 10.2 Å². The number of carbonyl (C=O) groups is 1. The topological polar surface area (TPSA) is 82.6 Å². The fourth-order valence-electron chi connectivity index (χ4n) is 1.87. The maximum Gasteiger partial charge on any atom is 0.251 e. The van der Waals surface area contributed by atoms with E-state index in [2.05, 4.69) is 10.3 Å². The van der Waals surface area contributed by atoms with Crippen molar-refractivity contribution >= 4 is 38.1 Å². The molecule has 0 bridgehead atoms. The van der Waals surface area contributed by atoms with Crippen molar-refractivity contribution in [1.82, 2.24) is 10.3 Å². The normalized spacial score (nSPS) is 11.2. The zero-order chi connectivity index (χ0) is 17.9. The first kappa shape index (κ1) is 18.2. The summed E-state index contributed by atoms with van der Waals surface area (Å²) in [4.78, 5) is 18.5. The number of thiazole rings is 1. The van der Waals surface area contributed by atoms with E-state index in [-0.39, 0.29) is 5.91 Å². The summed E-state index contributed by atoms with van der Waals surface area (Å²) < 4.78 is 24.2. The zero-order valence-electron chi connectivity index (χ0n) is 14.0. The molecule has 0 saturated heterocycles. The number of hydrogen-bond donors (Lipinski definition) is 1. The minimum atomic E-state index is -3.32. The maximum atomic E-state index is 12.2. The Bertz CT molecular complexity index is 813. The molecule has 0 aliphatic rings. The summed E-state index contributed by atoms with van der Waals surface area (Å²) in [5.41, 5.74) is 1.76. The Morgan fingerprint density at radius 1 is 1.21 bits per heavy atom. The van der Waals surface area contributed by atoms with Crippen LogP contribution in [-0.4, -0.2) is 46.7 Å². The van der Waals surface area contributed by atoms with Gasteiger partial charge in [-0.2, -0.15) is 0 Å². The molecule has 1 aromatic heterocycles. The Balaban J connectivity index is 1.99. The predicted octanol–water partition coefficient (Wildman–Crippen LogP) is 1.53. The summed E-state index contributed by atoms with van der Waals surface area (Å²) in [6.45, 7) is 0.341. The van der Waals surface area contributed by atoms with E-state index in [1.807, 2.05) is 24.4 Å². The summed E-state index contributed by atoms with van der Waals surface area (Å²) in [6, 6.07) is 6.39. The highest BCUT2D eigenvalue weighted by Gasteiger charge is 2.13. The Morgan fingerprint density at radius 2 is 1.83 bits per heavy atom. The van der Waals surface area contributed by atoms with Crippen molar-refractivity contribution < 1.29 is 13.2 Å². The van der Waals surface area contributed by atoms with Gasteiger partial charge in [-0.05, 0) is 24.3 Å². The smallest absolute Gasteiger partial charge is 0.251 e. The number of carbonyl (C=O) groups excluding carboxylic acids is 1. The first-order valence-electron chi connectivity index (χ1n) is 7.12. The van der Waals surface area contributed by atoms with Crippen LogP contribution in [0.5, 0.6) is 0 Å². The lowest BCUT2D eigenvalue weighted by molar-refractivity contribution is 0.0950. The highest BCUT2D eigenvalue weighted by Crippen LogP contribution is 2.18. The molecule has 1 N–H and O–H groups in total. The van der Waals surface area contributed by atoms with Crippen LogP contribution in [0.2, 0.25) is 0 Å². The van der Waals surface area contributed by atoms with Crippen LogP contribution in [0.4, 0.5) is 10.8 Å². The fourth-order valence-corrected chi connectivity index (χ4v) is 3.13. The van der Waals surface area contributed by atoms with Crippen LogP contribution < -0.4 is 14.5 Å². The van der Waals surface area contributed by atoms with E-state index in [0.717, 1.165) is 21.4 Å². The van der Waals surface area contributed by atoms with Crippen molar-refractivity contribution in [2.75, 3.05) is 36.6 Å². The van der Waals surface area contributed by atoms with Crippen LogP contribution >= 0.6 is 11.3 Å². The molecule has 24 heavy (non-hydrogen) atoms. The van der Waals surface area contributed by atoms with Gasteiger partial charge in [0, 0.05) is 32.1 Å². The Hall–Kier alpha value is -2.13. The van der Waals surface area contributed by atoms with Crippen molar-refractivity contribution in [1.29, 1.82) is 0 Å². The Kier molecular flexibility index (Phi) is 5.45. The van der Waals surface area contributed by atoms with Gasteiger partial charge in [-0.15, -0.1) is 11.3 Å². The van der Waals surface area contributed by atoms with E-state index in [9.17, 15) is 13.2 Å². The van der Waals surface area contributed by atoms with Crippen LogP contribution in [0.25, 0.3) is 0 Å². The molecule has 7 nitrogen and oxygen atoms in total. The quantitative estimate of drug-likeness (QED) is 0.836. The third-order valence-electron chi connectivity index (χ3n) is 3.34. The van der Waals surface area contributed by atoms with Crippen LogP contribution in [-0.2, 0) is 16.6 Å². The number of aromatic nitrogens is 1. The molecular formula is C15H20N4O3S2. The number of sulfonamides is 1. The molecule has 0 spiro atoms. The van der Waals surface area contributed by atoms with Gasteiger partial charge in [0.15, 0.2) is 5.13 Å². The van der Waals surface area contributed by atoms with Crippen LogP contribution in [0, 0.1) is 0 Å².